The van der Waals surface area contributed by atoms with Crippen LogP contribution >= 0.6 is 0 Å². The topological polar surface area (TPSA) is 38.3 Å². The standard InChI is InChI=1S/C9H15NO2/c1-4-6-12-8(3)7-10-9(11)5-2/h4,6H,3,5,7H2,1-2H3,(H,10,11)/b6-4-. The van der Waals surface area contributed by atoms with Gasteiger partial charge in [0.25, 0.3) is 0 Å². The van der Waals surface area contributed by atoms with Crippen LogP contribution in [-0.2, 0) is 9.53 Å². The minimum absolute atomic E-state index is 0.000211. The largest absolute Gasteiger partial charge is 0.468 e. The number of carbonyl (C=O) groups is 1. The third kappa shape index (κ3) is 5.53. The molecule has 0 bridgehead atoms. The molecule has 0 spiro atoms. The monoisotopic (exact) mass is 169 g/mol. The van der Waals surface area contributed by atoms with Crippen LogP contribution in [0.3, 0.4) is 0 Å². The van der Waals surface area contributed by atoms with E-state index >= 15 is 0 Å². The maximum Gasteiger partial charge on any atom is 0.220 e. The van der Waals surface area contributed by atoms with Gasteiger partial charge in [0, 0.05) is 6.42 Å². The number of nitrogens with one attached hydrogen (secondary N) is 1. The van der Waals surface area contributed by atoms with Gasteiger partial charge in [-0.1, -0.05) is 19.6 Å². The molecule has 3 nitrogen and oxygen atoms in total. The molecule has 0 fully saturated rings. The third-order valence-electron chi connectivity index (χ3n) is 1.17. The van der Waals surface area contributed by atoms with Crippen LogP contribution in [0.5, 0.6) is 0 Å². The van der Waals surface area contributed by atoms with Gasteiger partial charge in [-0.2, -0.15) is 0 Å². The van der Waals surface area contributed by atoms with Crippen molar-refractivity contribution in [3.05, 3.63) is 24.7 Å². The SMILES string of the molecule is C=C(CNC(=O)CC)O/C=C\C. The Morgan fingerprint density at radius 3 is 2.83 bits per heavy atom. The first-order valence-corrected chi connectivity index (χ1v) is 3.93. The molecule has 0 aliphatic rings. The van der Waals surface area contributed by atoms with Gasteiger partial charge in [-0.25, -0.2) is 0 Å². The minimum Gasteiger partial charge on any atom is -0.468 e. The summed E-state index contributed by atoms with van der Waals surface area (Å²) >= 11 is 0. The lowest BCUT2D eigenvalue weighted by atomic mass is 10.4. The molecule has 1 amide bonds. The highest BCUT2D eigenvalue weighted by Gasteiger charge is 1.97. The van der Waals surface area contributed by atoms with Gasteiger partial charge in [-0.05, 0) is 6.92 Å². The Hall–Kier alpha value is -1.25. The van der Waals surface area contributed by atoms with Crippen molar-refractivity contribution in [1.82, 2.24) is 5.32 Å². The zero-order valence-corrected chi connectivity index (χ0v) is 7.59. The molecule has 1 N–H and O–H groups in total. The summed E-state index contributed by atoms with van der Waals surface area (Å²) in [7, 11) is 0. The van der Waals surface area contributed by atoms with Crippen molar-refractivity contribution in [1.29, 1.82) is 0 Å². The second-order valence-electron chi connectivity index (χ2n) is 2.26. The quantitative estimate of drug-likeness (QED) is 0.634. The van der Waals surface area contributed by atoms with E-state index in [4.69, 9.17) is 4.74 Å². The summed E-state index contributed by atoms with van der Waals surface area (Å²) in [5, 5.41) is 2.64. The molecular formula is C9H15NO2. The van der Waals surface area contributed by atoms with E-state index in [9.17, 15) is 4.79 Å². The van der Waals surface area contributed by atoms with Crippen LogP contribution in [-0.4, -0.2) is 12.5 Å². The highest BCUT2D eigenvalue weighted by Crippen LogP contribution is 1.91. The lowest BCUT2D eigenvalue weighted by Crippen LogP contribution is -2.24. The number of hydrogen-bond acceptors (Lipinski definition) is 2. The van der Waals surface area contributed by atoms with E-state index in [-0.39, 0.29) is 5.91 Å². The van der Waals surface area contributed by atoms with E-state index in [1.54, 1.807) is 13.0 Å². The van der Waals surface area contributed by atoms with E-state index in [1.807, 2.05) is 6.92 Å². The van der Waals surface area contributed by atoms with E-state index in [1.165, 1.54) is 6.26 Å². The van der Waals surface area contributed by atoms with Crippen molar-refractivity contribution in [3.63, 3.8) is 0 Å². The molecule has 68 valence electrons. The number of amides is 1. The van der Waals surface area contributed by atoms with Gasteiger partial charge in [-0.3, -0.25) is 4.79 Å². The van der Waals surface area contributed by atoms with Gasteiger partial charge in [0.1, 0.15) is 5.76 Å². The average molecular weight is 169 g/mol. The molecule has 0 unspecified atom stereocenters. The van der Waals surface area contributed by atoms with Gasteiger partial charge < -0.3 is 10.1 Å². The number of rotatable bonds is 5. The van der Waals surface area contributed by atoms with Crippen LogP contribution in [0.25, 0.3) is 0 Å². The van der Waals surface area contributed by atoms with E-state index in [2.05, 4.69) is 11.9 Å². The van der Waals surface area contributed by atoms with Crippen LogP contribution in [0.2, 0.25) is 0 Å². The highest BCUT2D eigenvalue weighted by atomic mass is 16.5. The molecule has 0 rings (SSSR count). The van der Waals surface area contributed by atoms with Gasteiger partial charge in [0.05, 0.1) is 12.8 Å². The predicted octanol–water partition coefficient (Wildman–Crippen LogP) is 1.58. The fourth-order valence-corrected chi connectivity index (χ4v) is 0.528. The average Bonchev–Trinajstić information content (AvgIpc) is 2.10. The first kappa shape index (κ1) is 10.8. The van der Waals surface area contributed by atoms with Crippen LogP contribution < -0.4 is 5.32 Å². The van der Waals surface area contributed by atoms with Crippen molar-refractivity contribution in [2.45, 2.75) is 20.3 Å². The Kier molecular flexibility index (Phi) is 5.79. The molecule has 0 aromatic carbocycles. The molecular weight excluding hydrogens is 154 g/mol. The lowest BCUT2D eigenvalue weighted by molar-refractivity contribution is -0.120. The van der Waals surface area contributed by atoms with Gasteiger partial charge in [0.15, 0.2) is 0 Å². The first-order valence-electron chi connectivity index (χ1n) is 3.93. The Balaban J connectivity index is 3.50. The number of hydrogen-bond donors (Lipinski definition) is 1. The van der Waals surface area contributed by atoms with Crippen molar-refractivity contribution < 1.29 is 9.53 Å². The van der Waals surface area contributed by atoms with Crippen LogP contribution in [0, 0.1) is 0 Å². The smallest absolute Gasteiger partial charge is 0.220 e. The zero-order chi connectivity index (χ0) is 9.40. The lowest BCUT2D eigenvalue weighted by Gasteiger charge is -2.05. The number of allylic oxidation sites excluding steroid dienone is 1. The van der Waals surface area contributed by atoms with E-state index < -0.39 is 0 Å². The second kappa shape index (κ2) is 6.46. The summed E-state index contributed by atoms with van der Waals surface area (Å²) in [4.78, 5) is 10.8. The fraction of sp³-hybridized carbons (Fsp3) is 0.444. The number of ether oxygens (including phenoxy) is 1. The highest BCUT2D eigenvalue weighted by molar-refractivity contribution is 5.75. The zero-order valence-electron chi connectivity index (χ0n) is 7.59. The summed E-state index contributed by atoms with van der Waals surface area (Å²) in [6.07, 6.45) is 3.77. The molecule has 0 saturated heterocycles. The van der Waals surface area contributed by atoms with Crippen LogP contribution in [0.4, 0.5) is 0 Å². The summed E-state index contributed by atoms with van der Waals surface area (Å²) in [6.45, 7) is 7.62. The Labute approximate surface area is 73.1 Å². The maximum absolute atomic E-state index is 10.8. The normalized spacial score (nSPS) is 9.83. The second-order valence-corrected chi connectivity index (χ2v) is 2.26. The summed E-state index contributed by atoms with van der Waals surface area (Å²) in [6, 6.07) is 0. The number of carbonyl (C=O) groups excluding carboxylic acids is 1. The molecule has 0 atom stereocenters. The van der Waals surface area contributed by atoms with Gasteiger partial charge in [-0.15, -0.1) is 0 Å². The molecule has 0 radical (unpaired) electrons. The molecule has 12 heavy (non-hydrogen) atoms. The molecule has 0 heterocycles. The summed E-state index contributed by atoms with van der Waals surface area (Å²) < 4.78 is 5.00. The third-order valence-corrected chi connectivity index (χ3v) is 1.17. The summed E-state index contributed by atoms with van der Waals surface area (Å²) in [5.41, 5.74) is 0. The van der Waals surface area contributed by atoms with Gasteiger partial charge in [0.2, 0.25) is 5.91 Å². The molecule has 0 aromatic rings. The maximum atomic E-state index is 10.8. The van der Waals surface area contributed by atoms with Crippen LogP contribution in [0.15, 0.2) is 24.7 Å². The first-order chi connectivity index (χ1) is 5.70. The van der Waals surface area contributed by atoms with Crippen molar-refractivity contribution in [2.75, 3.05) is 6.54 Å². The Morgan fingerprint density at radius 1 is 1.67 bits per heavy atom. The molecule has 0 aliphatic carbocycles. The molecule has 0 aliphatic heterocycles. The summed E-state index contributed by atoms with van der Waals surface area (Å²) in [5.74, 6) is 0.537. The van der Waals surface area contributed by atoms with Gasteiger partial charge >= 0.3 is 0 Å². The van der Waals surface area contributed by atoms with Crippen LogP contribution in [0.1, 0.15) is 20.3 Å². The van der Waals surface area contributed by atoms with Crippen molar-refractivity contribution in [2.24, 2.45) is 0 Å². The minimum atomic E-state index is 0.000211. The van der Waals surface area contributed by atoms with E-state index in [0.29, 0.717) is 18.7 Å². The molecule has 0 aromatic heterocycles. The fourth-order valence-electron chi connectivity index (χ4n) is 0.528. The van der Waals surface area contributed by atoms with Crippen molar-refractivity contribution >= 4 is 5.91 Å². The predicted molar refractivity (Wildman–Crippen MR) is 48.3 cm³/mol. The molecule has 3 heteroatoms. The Bertz CT molecular complexity index is 185. The Morgan fingerprint density at radius 2 is 2.33 bits per heavy atom. The molecule has 0 saturated carbocycles. The van der Waals surface area contributed by atoms with Crippen molar-refractivity contribution in [3.8, 4) is 0 Å². The van der Waals surface area contributed by atoms with E-state index in [0.717, 1.165) is 0 Å².